The van der Waals surface area contributed by atoms with Crippen LogP contribution in [0.2, 0.25) is 0 Å². The lowest BCUT2D eigenvalue weighted by atomic mass is 9.94. The first-order chi connectivity index (χ1) is 8.35. The molecule has 2 rings (SSSR count). The molecule has 2 unspecified atom stereocenters. The van der Waals surface area contributed by atoms with Gasteiger partial charge >= 0.3 is 0 Å². The van der Waals surface area contributed by atoms with E-state index in [9.17, 15) is 0 Å². The van der Waals surface area contributed by atoms with Crippen LogP contribution in [0, 0.1) is 0 Å². The number of ether oxygens (including phenoxy) is 1. The van der Waals surface area contributed by atoms with Crippen LogP contribution >= 0.6 is 0 Å². The normalized spacial score (nSPS) is 23.9. The lowest BCUT2D eigenvalue weighted by Gasteiger charge is -2.19. The number of rotatable bonds is 5. The summed E-state index contributed by atoms with van der Waals surface area (Å²) in [5.74, 6) is 1.68. The molecule has 1 N–H and O–H groups in total. The van der Waals surface area contributed by atoms with Crippen molar-refractivity contribution in [2.75, 3.05) is 13.7 Å². The van der Waals surface area contributed by atoms with E-state index in [-0.39, 0.29) is 0 Å². The van der Waals surface area contributed by atoms with Gasteiger partial charge in [-0.2, -0.15) is 0 Å². The molecule has 1 aromatic rings. The molecule has 1 saturated carbocycles. The lowest BCUT2D eigenvalue weighted by Crippen LogP contribution is -2.27. The van der Waals surface area contributed by atoms with Crippen LogP contribution < -0.4 is 10.1 Å². The Labute approximate surface area is 104 Å². The Morgan fingerprint density at radius 3 is 2.65 bits per heavy atom. The van der Waals surface area contributed by atoms with Crippen LogP contribution in [0.4, 0.5) is 0 Å². The van der Waals surface area contributed by atoms with E-state index in [0.29, 0.717) is 12.0 Å². The summed E-state index contributed by atoms with van der Waals surface area (Å²) in [7, 11) is 2.07. The maximum Gasteiger partial charge on any atom is 0.119 e. The zero-order chi connectivity index (χ0) is 12.1. The van der Waals surface area contributed by atoms with Crippen LogP contribution in [0.5, 0.6) is 5.75 Å². The predicted molar refractivity (Wildman–Crippen MR) is 71.7 cm³/mol. The maximum absolute atomic E-state index is 5.61. The van der Waals surface area contributed by atoms with Gasteiger partial charge in [0.05, 0.1) is 6.61 Å². The Bertz CT molecular complexity index is 333. The van der Waals surface area contributed by atoms with Gasteiger partial charge in [-0.05, 0) is 49.9 Å². The third-order valence-corrected chi connectivity index (χ3v) is 3.67. The first-order valence-electron chi connectivity index (χ1n) is 6.75. The van der Waals surface area contributed by atoms with Gasteiger partial charge in [0.25, 0.3) is 0 Å². The smallest absolute Gasteiger partial charge is 0.119 e. The fourth-order valence-electron chi connectivity index (χ4n) is 2.74. The maximum atomic E-state index is 5.61. The molecule has 2 heteroatoms. The van der Waals surface area contributed by atoms with Gasteiger partial charge in [-0.25, -0.2) is 0 Å². The molecule has 0 spiro atoms. The van der Waals surface area contributed by atoms with E-state index in [1.54, 1.807) is 0 Å². The van der Waals surface area contributed by atoms with E-state index >= 15 is 0 Å². The van der Waals surface area contributed by atoms with Gasteiger partial charge in [-0.15, -0.1) is 0 Å². The Morgan fingerprint density at radius 1 is 1.24 bits per heavy atom. The summed E-state index contributed by atoms with van der Waals surface area (Å²) in [6, 6.07) is 9.32. The molecule has 17 heavy (non-hydrogen) atoms. The average Bonchev–Trinajstić information content (AvgIpc) is 2.85. The molecule has 0 aliphatic heterocycles. The standard InChI is InChI=1S/C15H23NO/c1-3-11-17-13-9-7-12(8-10-13)14-5-4-6-15(14)16-2/h7-10,14-16H,3-6,11H2,1-2H3. The van der Waals surface area contributed by atoms with Gasteiger partial charge in [0, 0.05) is 6.04 Å². The number of benzene rings is 1. The van der Waals surface area contributed by atoms with Crippen LogP contribution in [0.1, 0.15) is 44.1 Å². The summed E-state index contributed by atoms with van der Waals surface area (Å²) in [6.45, 7) is 2.94. The Morgan fingerprint density at radius 2 is 2.00 bits per heavy atom. The molecule has 0 aromatic heterocycles. The SMILES string of the molecule is CCCOc1ccc(C2CCCC2NC)cc1. The molecule has 0 heterocycles. The fraction of sp³-hybridized carbons (Fsp3) is 0.600. The fourth-order valence-corrected chi connectivity index (χ4v) is 2.74. The minimum Gasteiger partial charge on any atom is -0.494 e. The molecule has 2 nitrogen and oxygen atoms in total. The molecule has 0 saturated heterocycles. The molecular formula is C15H23NO. The molecule has 1 fully saturated rings. The van der Waals surface area contributed by atoms with Gasteiger partial charge in [-0.3, -0.25) is 0 Å². The molecule has 1 aromatic carbocycles. The van der Waals surface area contributed by atoms with Crippen molar-refractivity contribution >= 4 is 0 Å². The van der Waals surface area contributed by atoms with Crippen LogP contribution in [-0.2, 0) is 0 Å². The molecule has 1 aliphatic carbocycles. The molecule has 0 amide bonds. The van der Waals surface area contributed by atoms with Crippen molar-refractivity contribution in [2.45, 2.75) is 44.6 Å². The van der Waals surface area contributed by atoms with Gasteiger partial charge in [0.15, 0.2) is 0 Å². The Balaban J connectivity index is 2.01. The highest BCUT2D eigenvalue weighted by molar-refractivity contribution is 5.30. The largest absolute Gasteiger partial charge is 0.494 e. The molecule has 0 bridgehead atoms. The van der Waals surface area contributed by atoms with Crippen LogP contribution in [-0.4, -0.2) is 19.7 Å². The van der Waals surface area contributed by atoms with E-state index in [1.807, 2.05) is 0 Å². The van der Waals surface area contributed by atoms with E-state index in [4.69, 9.17) is 4.74 Å². The summed E-state index contributed by atoms with van der Waals surface area (Å²) in [5, 5.41) is 3.43. The van der Waals surface area contributed by atoms with E-state index in [2.05, 4.69) is 43.6 Å². The number of nitrogens with one attached hydrogen (secondary N) is 1. The molecule has 0 radical (unpaired) electrons. The third kappa shape index (κ3) is 3.01. The van der Waals surface area contributed by atoms with Crippen molar-refractivity contribution in [1.82, 2.24) is 5.32 Å². The zero-order valence-electron chi connectivity index (χ0n) is 10.9. The minimum absolute atomic E-state index is 0.650. The van der Waals surface area contributed by atoms with Gasteiger partial charge in [0.2, 0.25) is 0 Å². The van der Waals surface area contributed by atoms with Crippen molar-refractivity contribution < 1.29 is 4.74 Å². The topological polar surface area (TPSA) is 21.3 Å². The summed E-state index contributed by atoms with van der Waals surface area (Å²) in [5.41, 5.74) is 1.45. The van der Waals surface area contributed by atoms with Gasteiger partial charge < -0.3 is 10.1 Å². The summed E-state index contributed by atoms with van der Waals surface area (Å²) in [4.78, 5) is 0. The predicted octanol–water partition coefficient (Wildman–Crippen LogP) is 3.33. The quantitative estimate of drug-likeness (QED) is 0.842. The van der Waals surface area contributed by atoms with E-state index in [1.165, 1.54) is 24.8 Å². The second-order valence-corrected chi connectivity index (χ2v) is 4.85. The van der Waals surface area contributed by atoms with Crippen molar-refractivity contribution in [1.29, 1.82) is 0 Å². The molecule has 94 valence electrons. The second kappa shape index (κ2) is 6.06. The highest BCUT2D eigenvalue weighted by Gasteiger charge is 2.26. The summed E-state index contributed by atoms with van der Waals surface area (Å²) in [6.07, 6.45) is 5.01. The zero-order valence-corrected chi connectivity index (χ0v) is 10.9. The van der Waals surface area contributed by atoms with Crippen molar-refractivity contribution in [2.24, 2.45) is 0 Å². The van der Waals surface area contributed by atoms with Crippen LogP contribution in [0.15, 0.2) is 24.3 Å². The summed E-state index contributed by atoms with van der Waals surface area (Å²) < 4.78 is 5.61. The highest BCUT2D eigenvalue weighted by Crippen LogP contribution is 2.34. The summed E-state index contributed by atoms with van der Waals surface area (Å²) >= 11 is 0. The molecule has 1 aliphatic rings. The monoisotopic (exact) mass is 233 g/mol. The average molecular weight is 233 g/mol. The van der Waals surface area contributed by atoms with Crippen LogP contribution in [0.25, 0.3) is 0 Å². The number of hydrogen-bond donors (Lipinski definition) is 1. The van der Waals surface area contributed by atoms with Gasteiger partial charge in [0.1, 0.15) is 5.75 Å². The number of hydrogen-bond acceptors (Lipinski definition) is 2. The number of likely N-dealkylation sites (N-methyl/N-ethyl adjacent to an activating group) is 1. The first-order valence-corrected chi connectivity index (χ1v) is 6.75. The lowest BCUT2D eigenvalue weighted by molar-refractivity contribution is 0.317. The van der Waals surface area contributed by atoms with Crippen molar-refractivity contribution in [3.8, 4) is 5.75 Å². The Hall–Kier alpha value is -1.02. The molecular weight excluding hydrogens is 210 g/mol. The molecule has 2 atom stereocenters. The second-order valence-electron chi connectivity index (χ2n) is 4.85. The van der Waals surface area contributed by atoms with Gasteiger partial charge in [-0.1, -0.05) is 25.5 Å². The van der Waals surface area contributed by atoms with E-state index in [0.717, 1.165) is 18.8 Å². The Kier molecular flexibility index (Phi) is 4.43. The minimum atomic E-state index is 0.650. The third-order valence-electron chi connectivity index (χ3n) is 3.67. The van der Waals surface area contributed by atoms with Crippen molar-refractivity contribution in [3.63, 3.8) is 0 Å². The highest BCUT2D eigenvalue weighted by atomic mass is 16.5. The van der Waals surface area contributed by atoms with Crippen molar-refractivity contribution in [3.05, 3.63) is 29.8 Å². The van der Waals surface area contributed by atoms with E-state index < -0.39 is 0 Å². The van der Waals surface area contributed by atoms with Crippen LogP contribution in [0.3, 0.4) is 0 Å². The first kappa shape index (κ1) is 12.4.